The molecule has 0 aromatic heterocycles. The Kier molecular flexibility index (Phi) is 6.63. The summed E-state index contributed by atoms with van der Waals surface area (Å²) in [5.74, 6) is 0. The maximum absolute atomic E-state index is 3.68. The number of nitrogens with one attached hydrogen (secondary N) is 1. The van der Waals surface area contributed by atoms with E-state index in [4.69, 9.17) is 0 Å². The summed E-state index contributed by atoms with van der Waals surface area (Å²) in [5.41, 5.74) is 0. The average molecular weight is 344 g/mol. The van der Waals surface area contributed by atoms with Gasteiger partial charge in [0, 0.05) is 0 Å². The maximum Gasteiger partial charge on any atom is 0 e. The smallest absolute Gasteiger partial charge is 0 e. The molecule has 0 aliphatic rings. The molecule has 0 aromatic rings. The summed E-state index contributed by atoms with van der Waals surface area (Å²) >= 11 is 0. The monoisotopic (exact) mass is 344 g/mol. The fourth-order valence-corrected chi connectivity index (χ4v) is 0.246. The van der Waals surface area contributed by atoms with Crippen molar-refractivity contribution in [2.45, 2.75) is 13.0 Å². The van der Waals surface area contributed by atoms with E-state index in [1.165, 1.54) is 0 Å². The zero-order chi connectivity index (χ0) is 4.99. The van der Waals surface area contributed by atoms with Crippen LogP contribution in [0.1, 0.15) is 6.92 Å². The van der Waals surface area contributed by atoms with Crippen LogP contribution in [0.4, 0.5) is 0 Å². The summed E-state index contributed by atoms with van der Waals surface area (Å²) in [4.78, 5) is 0. The largest absolute Gasteiger partial charge is 0.373 e. The zero-order valence-corrected chi connectivity index (χ0v) is 6.69. The van der Waals surface area contributed by atoms with E-state index in [1.54, 1.807) is 0 Å². The second kappa shape index (κ2) is 4.96. The quantitative estimate of drug-likeness (QED) is 0.725. The Balaban J connectivity index is 0. The Morgan fingerprint density at radius 1 is 1.71 bits per heavy atom. The summed E-state index contributed by atoms with van der Waals surface area (Å²) in [5, 5.41) is 2.99. The molecular weight excluding hydrogens is 333 g/mol. The van der Waals surface area contributed by atoms with Crippen LogP contribution in [0.2, 0.25) is 0 Å². The van der Waals surface area contributed by atoms with Crippen LogP contribution < -0.4 is 5.32 Å². The van der Waals surface area contributed by atoms with Crippen molar-refractivity contribution in [3.63, 3.8) is 0 Å². The van der Waals surface area contributed by atoms with Gasteiger partial charge in [0.2, 0.25) is 0 Å². The molecule has 1 nitrogen and oxygen atoms in total. The molecule has 0 aromatic carbocycles. The van der Waals surface area contributed by atoms with Crippen LogP contribution in [-0.2, 0) is 0 Å². The Morgan fingerprint density at radius 2 is 2.14 bits per heavy atom. The van der Waals surface area contributed by atoms with Gasteiger partial charge in [-0.15, -0.1) is 12.6 Å². The normalized spacial score (nSPS) is 12.4. The van der Waals surface area contributed by atoms with Gasteiger partial charge in [-0.05, 0) is 0 Å². The second-order valence-electron chi connectivity index (χ2n) is 1.36. The van der Waals surface area contributed by atoms with E-state index < -0.39 is 0 Å². The van der Waals surface area contributed by atoms with E-state index in [9.17, 15) is 0 Å². The summed E-state index contributed by atoms with van der Waals surface area (Å²) in [7, 11) is 0. The predicted octanol–water partition coefficient (Wildman–Crippen LogP) is 0.633. The molecule has 1 atom stereocenters. The minimum absolute atomic E-state index is 0. The van der Waals surface area contributed by atoms with Crippen molar-refractivity contribution in [3.05, 3.63) is 13.8 Å². The van der Waals surface area contributed by atoms with Gasteiger partial charge in [-0.25, -0.2) is 0 Å². The van der Waals surface area contributed by atoms with Crippen LogP contribution >= 0.6 is 0 Å². The maximum atomic E-state index is 3.68. The Hall–Kier alpha value is -1.04. The summed E-state index contributed by atoms with van der Waals surface area (Å²) in [6.07, 6.45) is 0. The molecule has 0 aliphatic carbocycles. The fourth-order valence-electron chi connectivity index (χ4n) is 0.246. The zero-order valence-electron chi connectivity index (χ0n) is 4.47. The predicted molar refractivity (Wildman–Crippen MR) is 28.2 cm³/mol. The number of hydrogen-bond acceptors (Lipinski definition) is 1. The van der Waals surface area contributed by atoms with E-state index in [2.05, 4.69) is 19.2 Å². The van der Waals surface area contributed by atoms with Crippen LogP contribution in [0.3, 0.4) is 0 Å². The molecule has 7 heavy (non-hydrogen) atoms. The Morgan fingerprint density at radius 3 is 2.14 bits per heavy atom. The summed E-state index contributed by atoms with van der Waals surface area (Å²) < 4.78 is 0. The molecule has 0 bridgehead atoms. The molecule has 0 aliphatic heterocycles. The van der Waals surface area contributed by atoms with E-state index in [0.29, 0.717) is 6.04 Å². The third kappa shape index (κ3) is 11.3. The molecule has 0 rings (SSSR count). The van der Waals surface area contributed by atoms with Crippen molar-refractivity contribution in [1.29, 1.82) is 0 Å². The minimum Gasteiger partial charge on any atom is -0.373 e. The molecule has 2 heteroatoms. The molecule has 0 amide bonds. The van der Waals surface area contributed by atoms with Crippen molar-refractivity contribution >= 4 is 0 Å². The average Bonchev–Trinajstić information content (AvgIpc) is 1.35. The van der Waals surface area contributed by atoms with E-state index in [1.807, 2.05) is 6.92 Å². The molecule has 0 unspecified atom stereocenters. The molecule has 0 heterocycles. The van der Waals surface area contributed by atoms with Crippen LogP contribution in [0.5, 0.6) is 0 Å². The standard InChI is InChI=1S/C5H11N.No/c1-4-6-5(2)3;/h5-6H,1-2,4H2,3H3;/q-2;/t5-;/m0./s1. The van der Waals surface area contributed by atoms with Crippen LogP contribution in [-0.4, -0.2) is 12.6 Å². The van der Waals surface area contributed by atoms with Crippen molar-refractivity contribution in [2.24, 2.45) is 0 Å². The first kappa shape index (κ1) is 9.35. The molecule has 0 radical (unpaired) electrons. The molecule has 0 spiro atoms. The van der Waals surface area contributed by atoms with Gasteiger partial charge in [-0.1, -0.05) is 6.92 Å². The Bertz CT molecular complexity index is 29.3. The first-order valence-electron chi connectivity index (χ1n) is 2.13. The van der Waals surface area contributed by atoms with E-state index in [-0.39, 0.29) is 0 Å². The number of hydrogen-bond donors (Lipinski definition) is 1. The third-order valence-corrected chi connectivity index (χ3v) is 0.493. The molecular formula is C5H11NNo-2. The van der Waals surface area contributed by atoms with Gasteiger partial charge in [-0.3, -0.25) is 0 Å². The SMILES string of the molecule is [CH2-]CN[C@@H]([CH2-])C.[No]. The first-order chi connectivity index (χ1) is 2.77. The Labute approximate surface area is 39.7 Å². The minimum atomic E-state index is 0. The number of rotatable bonds is 2. The van der Waals surface area contributed by atoms with Crippen molar-refractivity contribution in [3.8, 4) is 0 Å². The van der Waals surface area contributed by atoms with Crippen LogP contribution in [0.25, 0.3) is 0 Å². The molecule has 1 N–H and O–H groups in total. The van der Waals surface area contributed by atoms with Gasteiger partial charge in [0.05, 0.1) is 0 Å². The third-order valence-electron chi connectivity index (χ3n) is 0.493. The van der Waals surface area contributed by atoms with E-state index in [0.717, 1.165) is 6.54 Å². The molecule has 0 saturated heterocycles. The van der Waals surface area contributed by atoms with Crippen molar-refractivity contribution < 1.29 is 0 Å². The van der Waals surface area contributed by atoms with Crippen molar-refractivity contribution in [1.82, 2.24) is 5.32 Å². The second-order valence-corrected chi connectivity index (χ2v) is 1.36. The summed E-state index contributed by atoms with van der Waals surface area (Å²) in [6.45, 7) is 10.0. The molecule has 0 fully saturated rings. The van der Waals surface area contributed by atoms with Crippen molar-refractivity contribution in [2.75, 3.05) is 6.54 Å². The molecule has 52 valence electrons. The van der Waals surface area contributed by atoms with E-state index >= 15 is 0 Å². The van der Waals surface area contributed by atoms with Gasteiger partial charge in [0.1, 0.15) is 0 Å². The summed E-state index contributed by atoms with van der Waals surface area (Å²) in [6, 6.07) is 0.336. The van der Waals surface area contributed by atoms with Gasteiger partial charge in [-0.2, -0.15) is 0 Å². The van der Waals surface area contributed by atoms with Gasteiger partial charge < -0.3 is 19.2 Å². The van der Waals surface area contributed by atoms with Gasteiger partial charge in [0.15, 0.2) is 0 Å². The van der Waals surface area contributed by atoms with Gasteiger partial charge >= 0.3 is 0 Å². The molecule has 0 saturated carbocycles. The van der Waals surface area contributed by atoms with Gasteiger partial charge in [0.25, 0.3) is 0 Å². The topological polar surface area (TPSA) is 12.0 Å². The fraction of sp³-hybridized carbons (Fsp3) is 0.600. The van der Waals surface area contributed by atoms with Crippen LogP contribution in [0, 0.1) is 13.8 Å². The first-order valence-corrected chi connectivity index (χ1v) is 2.13. The van der Waals surface area contributed by atoms with Crippen LogP contribution in [0.15, 0.2) is 0 Å².